The molecule has 0 atom stereocenters. The summed E-state index contributed by atoms with van der Waals surface area (Å²) >= 11 is 1.14. The van der Waals surface area contributed by atoms with Crippen molar-refractivity contribution in [2.45, 2.75) is 19.1 Å². The molecule has 0 bridgehead atoms. The van der Waals surface area contributed by atoms with E-state index in [1.165, 1.54) is 0 Å². The number of hydrogen-bond donors (Lipinski definition) is 1. The van der Waals surface area contributed by atoms with Crippen LogP contribution in [0.25, 0.3) is 0 Å². The number of hydrogen-bond acceptors (Lipinski definition) is 3. The van der Waals surface area contributed by atoms with Gasteiger partial charge >= 0.3 is 12.5 Å². The number of halogens is 7. The van der Waals surface area contributed by atoms with Gasteiger partial charge in [-0.05, 0) is 28.7 Å². The summed E-state index contributed by atoms with van der Waals surface area (Å²) in [5, 5.41) is 8.74. The minimum atomic E-state index is -5.10. The molecule has 10 heteroatoms. The molecule has 18 heavy (non-hydrogen) atoms. The van der Waals surface area contributed by atoms with E-state index in [1.54, 1.807) is 0 Å². The molecule has 0 spiro atoms. The maximum Gasteiger partial charge on any atom is 0.574 e. The fourth-order valence-corrected chi connectivity index (χ4v) is 1.71. The van der Waals surface area contributed by atoms with Crippen LogP contribution >= 0.6 is 22.6 Å². The van der Waals surface area contributed by atoms with Crippen molar-refractivity contribution in [2.75, 3.05) is 0 Å². The molecule has 0 aliphatic heterocycles. The van der Waals surface area contributed by atoms with Crippen LogP contribution in [0.2, 0.25) is 0 Å². The molecule has 0 saturated carbocycles. The highest BCUT2D eigenvalue weighted by atomic mass is 127. The van der Waals surface area contributed by atoms with E-state index in [2.05, 4.69) is 9.72 Å². The minimum Gasteiger partial charge on any atom is -0.391 e. The Morgan fingerprint density at radius 2 is 1.78 bits per heavy atom. The van der Waals surface area contributed by atoms with Crippen LogP contribution in [0, 0.1) is 3.70 Å². The van der Waals surface area contributed by atoms with Gasteiger partial charge in [0.25, 0.3) is 0 Å². The quantitative estimate of drug-likeness (QED) is 0.482. The molecule has 0 radical (unpaired) electrons. The number of rotatable bonds is 2. The van der Waals surface area contributed by atoms with Gasteiger partial charge < -0.3 is 9.84 Å². The van der Waals surface area contributed by atoms with Crippen molar-refractivity contribution in [3.63, 3.8) is 0 Å². The summed E-state index contributed by atoms with van der Waals surface area (Å²) in [6, 6.07) is 0.371. The zero-order chi connectivity index (χ0) is 14.1. The first kappa shape index (κ1) is 15.3. The zero-order valence-electron chi connectivity index (χ0n) is 8.23. The molecule has 0 aliphatic rings. The summed E-state index contributed by atoms with van der Waals surface area (Å²) in [7, 11) is 0. The van der Waals surface area contributed by atoms with Crippen molar-refractivity contribution in [2.24, 2.45) is 0 Å². The molecule has 1 aromatic rings. The summed E-state index contributed by atoms with van der Waals surface area (Å²) in [5.41, 5.74) is -1.93. The van der Waals surface area contributed by atoms with Crippen molar-refractivity contribution >= 4 is 22.6 Å². The Kier molecular flexibility index (Phi) is 4.30. The summed E-state index contributed by atoms with van der Waals surface area (Å²) in [6.07, 6.45) is -9.87. The number of ether oxygens (including phenoxy) is 1. The van der Waals surface area contributed by atoms with Crippen LogP contribution in [-0.2, 0) is 12.8 Å². The molecule has 1 N–H and O–H groups in total. The van der Waals surface area contributed by atoms with Crippen LogP contribution in [0.1, 0.15) is 11.1 Å². The number of alkyl halides is 6. The van der Waals surface area contributed by atoms with Crippen molar-refractivity contribution < 1.29 is 36.2 Å². The predicted octanol–water partition coefficient (Wildman–Crippen LogP) is 3.10. The van der Waals surface area contributed by atoms with E-state index in [-0.39, 0.29) is 0 Å². The number of aliphatic hydroxyl groups is 1. The van der Waals surface area contributed by atoms with Gasteiger partial charge in [-0.2, -0.15) is 13.2 Å². The van der Waals surface area contributed by atoms with Crippen LogP contribution in [-0.4, -0.2) is 16.5 Å². The second-order valence-corrected chi connectivity index (χ2v) is 4.02. The Hall–Kier alpha value is -0.780. The lowest BCUT2D eigenvalue weighted by molar-refractivity contribution is -0.276. The lowest BCUT2D eigenvalue weighted by Crippen LogP contribution is -2.20. The summed E-state index contributed by atoms with van der Waals surface area (Å²) in [5.74, 6) is -1.10. The van der Waals surface area contributed by atoms with Crippen molar-refractivity contribution in [1.29, 1.82) is 0 Å². The molecular weight excluding hydrogens is 383 g/mol. The van der Waals surface area contributed by atoms with E-state index in [0.717, 1.165) is 22.6 Å². The first-order valence-corrected chi connectivity index (χ1v) is 5.25. The lowest BCUT2D eigenvalue weighted by atomic mass is 10.2. The van der Waals surface area contributed by atoms with E-state index in [9.17, 15) is 26.3 Å². The topological polar surface area (TPSA) is 42.4 Å². The van der Waals surface area contributed by atoms with Crippen LogP contribution in [0.4, 0.5) is 26.3 Å². The lowest BCUT2D eigenvalue weighted by Gasteiger charge is -2.14. The third-order valence-electron chi connectivity index (χ3n) is 1.70. The highest BCUT2D eigenvalue weighted by molar-refractivity contribution is 14.1. The average Bonchev–Trinajstić information content (AvgIpc) is 2.13. The van der Waals surface area contributed by atoms with E-state index in [4.69, 9.17) is 5.11 Å². The molecule has 0 aromatic carbocycles. The monoisotopic (exact) mass is 387 g/mol. The molecule has 0 fully saturated rings. The fourth-order valence-electron chi connectivity index (χ4n) is 1.03. The molecule has 0 saturated heterocycles. The van der Waals surface area contributed by atoms with Gasteiger partial charge in [-0.3, -0.25) is 0 Å². The molecule has 0 unspecified atom stereocenters. The maximum absolute atomic E-state index is 12.4. The van der Waals surface area contributed by atoms with Gasteiger partial charge in [0.2, 0.25) is 5.88 Å². The highest BCUT2D eigenvalue weighted by Gasteiger charge is 2.37. The van der Waals surface area contributed by atoms with Gasteiger partial charge in [0.05, 0.1) is 12.2 Å². The molecule has 1 heterocycles. The van der Waals surface area contributed by atoms with Gasteiger partial charge in [0, 0.05) is 5.56 Å². The van der Waals surface area contributed by atoms with Crippen molar-refractivity contribution in [3.05, 3.63) is 20.9 Å². The van der Waals surface area contributed by atoms with E-state index in [1.807, 2.05) is 0 Å². The largest absolute Gasteiger partial charge is 0.574 e. The first-order chi connectivity index (χ1) is 8.04. The number of aliphatic hydroxyl groups excluding tert-OH is 1. The normalized spacial score (nSPS) is 12.7. The van der Waals surface area contributed by atoms with Crippen LogP contribution in [0.5, 0.6) is 5.88 Å². The molecule has 1 rings (SSSR count). The van der Waals surface area contributed by atoms with E-state index < -0.39 is 39.9 Å². The predicted molar refractivity (Wildman–Crippen MR) is 54.6 cm³/mol. The summed E-state index contributed by atoms with van der Waals surface area (Å²) in [6.45, 7) is -1.06. The Morgan fingerprint density at radius 3 is 2.17 bits per heavy atom. The highest BCUT2D eigenvalue weighted by Crippen LogP contribution is 2.35. The Morgan fingerprint density at radius 1 is 1.22 bits per heavy atom. The van der Waals surface area contributed by atoms with Crippen LogP contribution < -0.4 is 4.74 Å². The van der Waals surface area contributed by atoms with Crippen molar-refractivity contribution in [1.82, 2.24) is 4.98 Å². The van der Waals surface area contributed by atoms with Crippen LogP contribution in [0.15, 0.2) is 6.07 Å². The summed E-state index contributed by atoms with van der Waals surface area (Å²) in [4.78, 5) is 3.06. The molecule has 102 valence electrons. The number of aromatic nitrogens is 1. The third-order valence-corrected chi connectivity index (χ3v) is 2.53. The third kappa shape index (κ3) is 3.86. The van der Waals surface area contributed by atoms with E-state index in [0.29, 0.717) is 6.07 Å². The fraction of sp³-hybridized carbons (Fsp3) is 0.375. The van der Waals surface area contributed by atoms with Crippen LogP contribution in [0.3, 0.4) is 0 Å². The van der Waals surface area contributed by atoms with Gasteiger partial charge in [-0.25, -0.2) is 4.98 Å². The molecule has 3 nitrogen and oxygen atoms in total. The summed E-state index contributed by atoms with van der Waals surface area (Å²) < 4.78 is 75.9. The average molecular weight is 387 g/mol. The first-order valence-electron chi connectivity index (χ1n) is 4.18. The van der Waals surface area contributed by atoms with Crippen molar-refractivity contribution in [3.8, 4) is 5.88 Å². The molecule has 0 amide bonds. The molecule has 0 aliphatic carbocycles. The smallest absolute Gasteiger partial charge is 0.391 e. The number of pyridine rings is 1. The SMILES string of the molecule is OCc1cc(C(F)(F)F)c(I)nc1OC(F)(F)F. The van der Waals surface area contributed by atoms with E-state index >= 15 is 0 Å². The standard InChI is InChI=1S/C8H4F6INO2/c9-7(10,11)4-1-3(2-17)6(16-5(4)15)18-8(12,13)14/h1,17H,2H2. The maximum atomic E-state index is 12.4. The van der Waals surface area contributed by atoms with Gasteiger partial charge in [0.1, 0.15) is 3.70 Å². The second kappa shape index (κ2) is 5.07. The second-order valence-electron chi connectivity index (χ2n) is 2.99. The van der Waals surface area contributed by atoms with Gasteiger partial charge in [-0.1, -0.05) is 0 Å². The van der Waals surface area contributed by atoms with Gasteiger partial charge in [0.15, 0.2) is 0 Å². The Balaban J connectivity index is 3.28. The minimum absolute atomic E-state index is 0.371. The zero-order valence-corrected chi connectivity index (χ0v) is 10.4. The number of nitrogens with zero attached hydrogens (tertiary/aromatic N) is 1. The molecule has 1 aromatic heterocycles. The Bertz CT molecular complexity index is 444. The Labute approximate surface area is 110 Å². The van der Waals surface area contributed by atoms with Gasteiger partial charge in [-0.15, -0.1) is 13.2 Å². The molecular formula is C8H4F6INO2.